The van der Waals surface area contributed by atoms with Crippen LogP contribution in [0.25, 0.3) is 10.4 Å². The summed E-state index contributed by atoms with van der Waals surface area (Å²) >= 11 is 1.04. The Morgan fingerprint density at radius 3 is 2.55 bits per heavy atom. The number of carbonyl (C=O) groups is 2. The first-order chi connectivity index (χ1) is 13.9. The first kappa shape index (κ1) is 20.2. The highest BCUT2D eigenvalue weighted by molar-refractivity contribution is 7.18. The van der Waals surface area contributed by atoms with Gasteiger partial charge in [0.1, 0.15) is 11.5 Å². The summed E-state index contributed by atoms with van der Waals surface area (Å²) < 4.78 is 5.23. The number of hydrogen-bond donors (Lipinski definition) is 4. The number of carboxylic acid groups (broad SMARTS) is 2. The van der Waals surface area contributed by atoms with E-state index in [-0.39, 0.29) is 16.4 Å². The van der Waals surface area contributed by atoms with Crippen molar-refractivity contribution in [1.82, 2.24) is 0 Å². The van der Waals surface area contributed by atoms with Gasteiger partial charge in [-0.2, -0.15) is 0 Å². The number of benzene rings is 2. The van der Waals surface area contributed by atoms with Crippen LogP contribution >= 0.6 is 11.3 Å². The zero-order valence-corrected chi connectivity index (χ0v) is 16.3. The van der Waals surface area contributed by atoms with Crippen molar-refractivity contribution in [3.8, 4) is 21.9 Å². The van der Waals surface area contributed by atoms with Crippen LogP contribution in [-0.4, -0.2) is 33.9 Å². The van der Waals surface area contributed by atoms with Gasteiger partial charge in [-0.3, -0.25) is 0 Å². The lowest BCUT2D eigenvalue weighted by atomic mass is 10.1. The summed E-state index contributed by atoms with van der Waals surface area (Å²) in [5.41, 5.74) is 2.90. The summed E-state index contributed by atoms with van der Waals surface area (Å²) in [7, 11) is 0. The minimum absolute atomic E-state index is 0.0358. The summed E-state index contributed by atoms with van der Waals surface area (Å²) in [6.45, 7) is 1.52. The highest BCUT2D eigenvalue weighted by Crippen LogP contribution is 2.42. The molecule has 0 unspecified atom stereocenters. The molecule has 7 nitrogen and oxygen atoms in total. The monoisotopic (exact) mass is 413 g/mol. The summed E-state index contributed by atoms with van der Waals surface area (Å²) in [5, 5.41) is 31.4. The van der Waals surface area contributed by atoms with Crippen LogP contribution in [0.3, 0.4) is 0 Å². The smallest absolute Gasteiger partial charge is 0.349 e. The fraction of sp³-hybridized carbons (Fsp3) is 0.143. The van der Waals surface area contributed by atoms with E-state index in [1.165, 1.54) is 0 Å². The molecular formula is C21H19NO6S. The first-order valence-corrected chi connectivity index (χ1v) is 9.51. The second kappa shape index (κ2) is 8.66. The zero-order valence-electron chi connectivity index (χ0n) is 15.5. The van der Waals surface area contributed by atoms with Gasteiger partial charge < -0.3 is 25.4 Å². The molecule has 0 aliphatic carbocycles. The van der Waals surface area contributed by atoms with Crippen molar-refractivity contribution >= 4 is 29.0 Å². The van der Waals surface area contributed by atoms with Gasteiger partial charge in [-0.05, 0) is 30.7 Å². The number of para-hydroxylation sites is 1. The average molecular weight is 413 g/mol. The van der Waals surface area contributed by atoms with Crippen LogP contribution < -0.4 is 10.1 Å². The number of phenols is 1. The van der Waals surface area contributed by atoms with Crippen molar-refractivity contribution in [2.45, 2.75) is 13.5 Å². The Morgan fingerprint density at radius 2 is 1.86 bits per heavy atom. The number of hydrogen-bond acceptors (Lipinski definition) is 6. The molecule has 0 amide bonds. The van der Waals surface area contributed by atoms with Gasteiger partial charge >= 0.3 is 11.9 Å². The molecule has 0 saturated heterocycles. The fourth-order valence-corrected chi connectivity index (χ4v) is 3.94. The molecule has 0 radical (unpaired) electrons. The molecule has 4 N–H and O–H groups in total. The first-order valence-electron chi connectivity index (χ1n) is 8.69. The number of rotatable bonds is 8. The normalized spacial score (nSPS) is 10.5. The van der Waals surface area contributed by atoms with Crippen molar-refractivity contribution in [3.63, 3.8) is 0 Å². The fourth-order valence-electron chi connectivity index (χ4n) is 2.85. The van der Waals surface area contributed by atoms with Gasteiger partial charge in [-0.1, -0.05) is 30.3 Å². The van der Waals surface area contributed by atoms with Crippen LogP contribution in [0, 0.1) is 6.92 Å². The number of aromatic hydroxyl groups is 1. The second-order valence-electron chi connectivity index (χ2n) is 6.27. The highest BCUT2D eigenvalue weighted by Gasteiger charge is 2.23. The molecule has 0 aliphatic heterocycles. The molecule has 3 rings (SSSR count). The molecule has 3 aromatic rings. The Kier molecular flexibility index (Phi) is 6.04. The third-order valence-electron chi connectivity index (χ3n) is 4.23. The number of anilines is 1. The highest BCUT2D eigenvalue weighted by atomic mass is 32.1. The van der Waals surface area contributed by atoms with Crippen LogP contribution in [0.2, 0.25) is 0 Å². The molecule has 0 bridgehead atoms. The van der Waals surface area contributed by atoms with Crippen molar-refractivity contribution < 1.29 is 29.6 Å². The molecule has 150 valence electrons. The third kappa shape index (κ3) is 4.67. The van der Waals surface area contributed by atoms with Gasteiger partial charge in [-0.25, -0.2) is 9.59 Å². The summed E-state index contributed by atoms with van der Waals surface area (Å²) in [5.74, 6) is -2.06. The van der Waals surface area contributed by atoms with Gasteiger partial charge in [0.05, 0.1) is 0 Å². The molecule has 8 heteroatoms. The Balaban J connectivity index is 1.88. The van der Waals surface area contributed by atoms with Crippen molar-refractivity contribution in [1.29, 1.82) is 0 Å². The van der Waals surface area contributed by atoms with E-state index in [1.54, 1.807) is 19.1 Å². The van der Waals surface area contributed by atoms with E-state index in [2.05, 4.69) is 5.32 Å². The van der Waals surface area contributed by atoms with Crippen molar-refractivity contribution in [2.75, 3.05) is 11.9 Å². The van der Waals surface area contributed by atoms with Crippen LogP contribution in [0.1, 0.15) is 20.8 Å². The predicted octanol–water partition coefficient (Wildman–Crippen LogP) is 4.20. The lowest BCUT2D eigenvalue weighted by molar-refractivity contribution is -0.139. The van der Waals surface area contributed by atoms with E-state index in [9.17, 15) is 19.8 Å². The van der Waals surface area contributed by atoms with E-state index < -0.39 is 18.5 Å². The molecule has 2 aromatic carbocycles. The summed E-state index contributed by atoms with van der Waals surface area (Å²) in [6, 6.07) is 14.4. The quantitative estimate of drug-likeness (QED) is 0.437. The number of nitrogens with one attached hydrogen (secondary N) is 1. The minimum Gasteiger partial charge on any atom is -0.508 e. The van der Waals surface area contributed by atoms with Crippen LogP contribution in [-0.2, 0) is 11.3 Å². The van der Waals surface area contributed by atoms with Crippen LogP contribution in [0.5, 0.6) is 11.5 Å². The lowest BCUT2D eigenvalue weighted by Crippen LogP contribution is -2.11. The molecule has 1 heterocycles. The van der Waals surface area contributed by atoms with Gasteiger partial charge in [0, 0.05) is 28.2 Å². The van der Waals surface area contributed by atoms with Crippen molar-refractivity contribution in [3.05, 3.63) is 64.5 Å². The number of thiophene rings is 1. The number of carboxylic acids is 2. The van der Waals surface area contributed by atoms with Gasteiger partial charge in [0.25, 0.3) is 0 Å². The number of phenolic OH excluding ortho intramolecular Hbond substituents is 1. The van der Waals surface area contributed by atoms with E-state index in [0.29, 0.717) is 17.0 Å². The molecule has 1 aromatic heterocycles. The number of aliphatic carboxylic acids is 1. The average Bonchev–Trinajstić information content (AvgIpc) is 3.02. The summed E-state index contributed by atoms with van der Waals surface area (Å²) in [6.07, 6.45) is 0. The number of aromatic carboxylic acids is 1. The molecule has 29 heavy (non-hydrogen) atoms. The van der Waals surface area contributed by atoms with Gasteiger partial charge in [0.2, 0.25) is 0 Å². The zero-order chi connectivity index (χ0) is 21.0. The van der Waals surface area contributed by atoms with Crippen LogP contribution in [0.15, 0.2) is 48.5 Å². The van der Waals surface area contributed by atoms with Gasteiger partial charge in [-0.15, -0.1) is 11.3 Å². The maximum absolute atomic E-state index is 11.6. The van der Waals surface area contributed by atoms with Crippen molar-refractivity contribution in [2.24, 2.45) is 0 Å². The topological polar surface area (TPSA) is 116 Å². The van der Waals surface area contributed by atoms with E-state index in [0.717, 1.165) is 28.2 Å². The molecule has 0 aliphatic rings. The SMILES string of the molecule is Cc1c(-c2cccc(NCc3ccccc3O)c2)sc(C(=O)O)c1OCC(=O)O. The standard InChI is InChI=1S/C21H19NO6S/c1-12-18(28-11-17(24)25)20(21(26)27)29-19(12)13-6-4-7-15(9-13)22-10-14-5-2-3-8-16(14)23/h2-9,22-23H,10-11H2,1H3,(H,24,25)(H,26,27). The van der Waals surface area contributed by atoms with E-state index in [4.69, 9.17) is 9.84 Å². The van der Waals surface area contributed by atoms with E-state index >= 15 is 0 Å². The molecule has 0 atom stereocenters. The Morgan fingerprint density at radius 1 is 1.10 bits per heavy atom. The molecular weight excluding hydrogens is 394 g/mol. The molecule has 0 fully saturated rings. The predicted molar refractivity (Wildman–Crippen MR) is 110 cm³/mol. The minimum atomic E-state index is -1.18. The summed E-state index contributed by atoms with van der Waals surface area (Å²) in [4.78, 5) is 23.0. The molecule has 0 saturated carbocycles. The maximum Gasteiger partial charge on any atom is 0.349 e. The lowest BCUT2D eigenvalue weighted by Gasteiger charge is -2.10. The molecule has 0 spiro atoms. The second-order valence-corrected chi connectivity index (χ2v) is 7.29. The third-order valence-corrected chi connectivity index (χ3v) is 5.54. The number of ether oxygens (including phenoxy) is 1. The van der Waals surface area contributed by atoms with E-state index in [1.807, 2.05) is 36.4 Å². The Hall–Kier alpha value is -3.52. The Labute approximate surface area is 170 Å². The van der Waals surface area contributed by atoms with Gasteiger partial charge in [0.15, 0.2) is 11.5 Å². The largest absolute Gasteiger partial charge is 0.508 e. The van der Waals surface area contributed by atoms with Crippen LogP contribution in [0.4, 0.5) is 5.69 Å². The Bertz CT molecular complexity index is 1060. The maximum atomic E-state index is 11.6.